The van der Waals surface area contributed by atoms with E-state index in [-0.39, 0.29) is 0 Å². The largest absolute Gasteiger partial charge is 0.416 e. The highest BCUT2D eigenvalue weighted by Crippen LogP contribution is 2.32. The normalized spacial score (nSPS) is 11.5. The van der Waals surface area contributed by atoms with Gasteiger partial charge in [0.25, 0.3) is 0 Å². The van der Waals surface area contributed by atoms with Gasteiger partial charge in [-0.25, -0.2) is 0 Å². The molecule has 0 saturated heterocycles. The summed E-state index contributed by atoms with van der Waals surface area (Å²) in [5, 5.41) is 0. The van der Waals surface area contributed by atoms with Gasteiger partial charge in [0.15, 0.2) is 0 Å². The minimum Gasteiger partial charge on any atom is -0.306 e. The molecule has 0 bridgehead atoms. The molecule has 0 N–H and O–H groups in total. The Morgan fingerprint density at radius 1 is 1.36 bits per heavy atom. The Hall–Kier alpha value is -0.550. The number of nitrogens with zero attached hydrogens (tertiary/aromatic N) is 1. The predicted octanol–water partition coefficient (Wildman–Crippen LogP) is 3.94. The molecule has 0 aliphatic carbocycles. The zero-order valence-corrected chi connectivity index (χ0v) is 8.75. The first kappa shape index (κ1) is 11.5. The van der Waals surface area contributed by atoms with Gasteiger partial charge in [-0.3, -0.25) is 0 Å². The third kappa shape index (κ3) is 2.72. The van der Waals surface area contributed by atoms with Gasteiger partial charge in [-0.05, 0) is 28.9 Å². The topological polar surface area (TPSA) is 3.24 Å². The fraction of sp³-hybridized carbons (Fsp3) is 0.250. The molecule has 1 aromatic carbocycles. The molecule has 0 fully saturated rings. The lowest BCUT2D eigenvalue weighted by atomic mass is 10.2. The third-order valence-corrected chi connectivity index (χ3v) is 2.68. The third-order valence-electron chi connectivity index (χ3n) is 1.64. The van der Waals surface area contributed by atoms with Gasteiger partial charge in [0.1, 0.15) is 0 Å². The van der Waals surface area contributed by atoms with E-state index in [0.717, 1.165) is 23.3 Å². The van der Waals surface area contributed by atoms with Crippen LogP contribution in [0.1, 0.15) is 5.56 Å². The number of alkyl halides is 3. The minimum absolute atomic E-state index is 0.417. The molecule has 6 heteroatoms. The molecule has 0 aliphatic rings. The van der Waals surface area contributed by atoms with E-state index < -0.39 is 11.7 Å². The van der Waals surface area contributed by atoms with E-state index in [9.17, 15) is 13.2 Å². The van der Waals surface area contributed by atoms with Crippen molar-refractivity contribution >= 4 is 27.5 Å². The van der Waals surface area contributed by atoms with Gasteiger partial charge in [0.2, 0.25) is 0 Å². The molecule has 14 heavy (non-hydrogen) atoms. The highest BCUT2D eigenvalue weighted by molar-refractivity contribution is 8.22. The number of hydrogen-bond donors (Lipinski definition) is 0. The Labute approximate surface area is 88.5 Å². The molecule has 0 atom stereocenters. The molecule has 0 aromatic heterocycles. The van der Waals surface area contributed by atoms with E-state index in [4.69, 9.17) is 10.7 Å². The van der Waals surface area contributed by atoms with Gasteiger partial charge in [-0.2, -0.15) is 13.2 Å². The van der Waals surface area contributed by atoms with Gasteiger partial charge in [-0.1, -0.05) is 6.07 Å². The summed E-state index contributed by atoms with van der Waals surface area (Å²) in [6.07, 6.45) is -4.31. The van der Waals surface area contributed by atoms with Crippen molar-refractivity contribution in [1.82, 2.24) is 0 Å². The molecule has 0 spiro atoms. The van der Waals surface area contributed by atoms with Crippen LogP contribution in [0.4, 0.5) is 18.9 Å². The SMILES string of the molecule is CN(SCl)c1cccc(C(F)(F)F)c1. The Kier molecular flexibility index (Phi) is 3.55. The summed E-state index contributed by atoms with van der Waals surface area (Å²) < 4.78 is 38.3. The first-order valence-electron chi connectivity index (χ1n) is 3.65. The molecule has 0 radical (unpaired) electrons. The predicted molar refractivity (Wildman–Crippen MR) is 53.3 cm³/mol. The highest BCUT2D eigenvalue weighted by atomic mass is 35.7. The second kappa shape index (κ2) is 4.31. The number of rotatable bonds is 2. The summed E-state index contributed by atoms with van der Waals surface area (Å²) in [7, 11) is 7.00. The van der Waals surface area contributed by atoms with Crippen molar-refractivity contribution in [3.8, 4) is 0 Å². The monoisotopic (exact) mass is 241 g/mol. The Morgan fingerprint density at radius 3 is 2.50 bits per heavy atom. The van der Waals surface area contributed by atoms with E-state index in [1.807, 2.05) is 0 Å². The lowest BCUT2D eigenvalue weighted by Crippen LogP contribution is -2.08. The smallest absolute Gasteiger partial charge is 0.306 e. The average molecular weight is 242 g/mol. The van der Waals surface area contributed by atoms with Crippen LogP contribution in [-0.2, 0) is 6.18 Å². The first-order chi connectivity index (χ1) is 6.45. The molecule has 0 heterocycles. The lowest BCUT2D eigenvalue weighted by molar-refractivity contribution is -0.137. The second-order valence-corrected chi connectivity index (χ2v) is 3.71. The van der Waals surface area contributed by atoms with E-state index in [2.05, 4.69) is 0 Å². The maximum Gasteiger partial charge on any atom is 0.416 e. The Morgan fingerprint density at radius 2 is 2.00 bits per heavy atom. The van der Waals surface area contributed by atoms with Crippen LogP contribution in [0.5, 0.6) is 0 Å². The van der Waals surface area contributed by atoms with Crippen molar-refractivity contribution in [3.63, 3.8) is 0 Å². The molecule has 0 saturated carbocycles. The molecular weight excluding hydrogens is 235 g/mol. The average Bonchev–Trinajstić information content (AvgIpc) is 2.15. The van der Waals surface area contributed by atoms with Crippen LogP contribution in [-0.4, -0.2) is 7.05 Å². The fourth-order valence-electron chi connectivity index (χ4n) is 0.918. The van der Waals surface area contributed by atoms with Crippen molar-refractivity contribution in [2.45, 2.75) is 6.18 Å². The number of anilines is 1. The molecule has 0 aliphatic heterocycles. The quantitative estimate of drug-likeness (QED) is 0.722. The van der Waals surface area contributed by atoms with Gasteiger partial charge in [0.05, 0.1) is 16.7 Å². The van der Waals surface area contributed by atoms with Crippen LogP contribution >= 0.6 is 21.8 Å². The highest BCUT2D eigenvalue weighted by Gasteiger charge is 2.30. The van der Waals surface area contributed by atoms with Crippen molar-refractivity contribution in [2.24, 2.45) is 0 Å². The van der Waals surface area contributed by atoms with Crippen LogP contribution in [0, 0.1) is 0 Å². The van der Waals surface area contributed by atoms with E-state index in [1.54, 1.807) is 13.1 Å². The van der Waals surface area contributed by atoms with Gasteiger partial charge in [-0.15, -0.1) is 0 Å². The summed E-state index contributed by atoms with van der Waals surface area (Å²) in [6, 6.07) is 4.98. The molecular formula is C8H7ClF3NS. The number of benzene rings is 1. The molecule has 0 unspecified atom stereocenters. The van der Waals surface area contributed by atoms with Crippen molar-refractivity contribution in [2.75, 3.05) is 11.4 Å². The van der Waals surface area contributed by atoms with Crippen molar-refractivity contribution in [3.05, 3.63) is 29.8 Å². The molecule has 1 nitrogen and oxygen atoms in total. The van der Waals surface area contributed by atoms with Crippen molar-refractivity contribution in [1.29, 1.82) is 0 Å². The molecule has 0 amide bonds. The minimum atomic E-state index is -4.31. The maximum atomic E-state index is 12.3. The molecule has 1 aromatic rings. The summed E-state index contributed by atoms with van der Waals surface area (Å²) in [4.78, 5) is 0. The Bertz CT molecular complexity index is 316. The Balaban J connectivity index is 3.01. The zero-order valence-electron chi connectivity index (χ0n) is 7.18. The van der Waals surface area contributed by atoms with Crippen LogP contribution in [0.3, 0.4) is 0 Å². The second-order valence-electron chi connectivity index (χ2n) is 2.61. The summed E-state index contributed by atoms with van der Waals surface area (Å²) in [5.41, 5.74) is -0.257. The van der Waals surface area contributed by atoms with Gasteiger partial charge >= 0.3 is 6.18 Å². The molecule has 1 rings (SSSR count). The van der Waals surface area contributed by atoms with Crippen molar-refractivity contribution < 1.29 is 13.2 Å². The standard InChI is InChI=1S/C8H7ClF3NS/c1-13(14-9)7-4-2-3-6(5-7)8(10,11)12/h2-5H,1H3. The van der Waals surface area contributed by atoms with Crippen LogP contribution in [0.25, 0.3) is 0 Å². The van der Waals surface area contributed by atoms with E-state index in [1.165, 1.54) is 10.4 Å². The van der Waals surface area contributed by atoms with Gasteiger partial charge in [0, 0.05) is 12.7 Å². The summed E-state index contributed by atoms with van der Waals surface area (Å²) in [6.45, 7) is 0. The van der Waals surface area contributed by atoms with E-state index >= 15 is 0 Å². The molecule has 78 valence electrons. The number of hydrogen-bond acceptors (Lipinski definition) is 2. The number of halogens is 4. The first-order valence-corrected chi connectivity index (χ1v) is 5.25. The maximum absolute atomic E-state index is 12.3. The fourth-order valence-corrected chi connectivity index (χ4v) is 1.35. The van der Waals surface area contributed by atoms with Crippen LogP contribution in [0.2, 0.25) is 0 Å². The van der Waals surface area contributed by atoms with E-state index in [0.29, 0.717) is 5.69 Å². The van der Waals surface area contributed by atoms with Crippen LogP contribution < -0.4 is 4.31 Å². The summed E-state index contributed by atoms with van der Waals surface area (Å²) >= 11 is 0.835. The summed E-state index contributed by atoms with van der Waals surface area (Å²) in [5.74, 6) is 0. The van der Waals surface area contributed by atoms with Crippen LogP contribution in [0.15, 0.2) is 24.3 Å². The lowest BCUT2D eigenvalue weighted by Gasteiger charge is -2.15. The zero-order chi connectivity index (χ0) is 10.8. The van der Waals surface area contributed by atoms with Gasteiger partial charge < -0.3 is 4.31 Å².